The third-order valence-corrected chi connectivity index (χ3v) is 5.55. The average Bonchev–Trinajstić information content (AvgIpc) is 3.23. The summed E-state index contributed by atoms with van der Waals surface area (Å²) in [5.74, 6) is 2.25. The number of nitrogens with zero attached hydrogens (tertiary/aromatic N) is 1. The van der Waals surface area contributed by atoms with Crippen LogP contribution in [0.2, 0.25) is 0 Å². The number of ether oxygens (including phenoxy) is 3. The normalized spacial score (nSPS) is 16.8. The monoisotopic (exact) mass is 402 g/mol. The van der Waals surface area contributed by atoms with E-state index in [1.807, 2.05) is 66.4 Å². The van der Waals surface area contributed by atoms with Gasteiger partial charge in [0.15, 0.2) is 11.5 Å². The first-order valence-corrected chi connectivity index (χ1v) is 9.83. The van der Waals surface area contributed by atoms with Gasteiger partial charge in [-0.25, -0.2) is 0 Å². The molecule has 1 N–H and O–H groups in total. The molecule has 0 spiro atoms. The van der Waals surface area contributed by atoms with E-state index in [0.717, 1.165) is 33.9 Å². The number of hydrogen-bond acceptors (Lipinski definition) is 5. The molecule has 2 heterocycles. The second-order valence-electron chi connectivity index (χ2n) is 7.44. The Labute approximate surface area is 175 Å². The average molecular weight is 402 g/mol. The standard InChI is InChI=1S/C24H22N2O4/c1-15-11-17(8-10-20(15)28-2)23-25-19-6-4-3-5-18(19)24(27)26(23)13-16-7-9-21-22(12-16)30-14-29-21/h3-12,23,25H,13-14H2,1-2H3. The highest BCUT2D eigenvalue weighted by molar-refractivity contribution is 6.01. The summed E-state index contributed by atoms with van der Waals surface area (Å²) in [5.41, 5.74) is 4.50. The molecule has 30 heavy (non-hydrogen) atoms. The third-order valence-electron chi connectivity index (χ3n) is 5.55. The number of aryl methyl sites for hydroxylation is 1. The van der Waals surface area contributed by atoms with Crippen LogP contribution in [0.3, 0.4) is 0 Å². The number of benzene rings is 3. The minimum Gasteiger partial charge on any atom is -0.496 e. The molecule has 0 aliphatic carbocycles. The van der Waals surface area contributed by atoms with Gasteiger partial charge in [-0.2, -0.15) is 0 Å². The van der Waals surface area contributed by atoms with Crippen LogP contribution in [-0.4, -0.2) is 24.7 Å². The van der Waals surface area contributed by atoms with Crippen LogP contribution < -0.4 is 19.5 Å². The van der Waals surface area contributed by atoms with Crippen molar-refractivity contribution in [3.05, 3.63) is 82.9 Å². The Morgan fingerprint density at radius 1 is 1.07 bits per heavy atom. The predicted octanol–water partition coefficient (Wildman–Crippen LogP) is 4.50. The number of rotatable bonds is 4. The molecule has 1 unspecified atom stereocenters. The van der Waals surface area contributed by atoms with Gasteiger partial charge in [-0.1, -0.05) is 24.3 Å². The van der Waals surface area contributed by atoms with Crippen LogP contribution in [-0.2, 0) is 6.54 Å². The molecule has 3 aromatic carbocycles. The first-order chi connectivity index (χ1) is 14.6. The zero-order valence-corrected chi connectivity index (χ0v) is 16.8. The highest BCUT2D eigenvalue weighted by Crippen LogP contribution is 2.37. The zero-order chi connectivity index (χ0) is 20.7. The molecular weight excluding hydrogens is 380 g/mol. The Balaban J connectivity index is 1.54. The first-order valence-electron chi connectivity index (χ1n) is 9.83. The Bertz CT molecular complexity index is 1130. The van der Waals surface area contributed by atoms with Gasteiger partial charge >= 0.3 is 0 Å². The third kappa shape index (κ3) is 3.10. The second kappa shape index (κ2) is 7.30. The Kier molecular flexibility index (Phi) is 4.47. The number of amides is 1. The van der Waals surface area contributed by atoms with Crippen LogP contribution in [0.4, 0.5) is 5.69 Å². The number of anilines is 1. The van der Waals surface area contributed by atoms with E-state index in [9.17, 15) is 4.79 Å². The lowest BCUT2D eigenvalue weighted by atomic mass is 10.0. The van der Waals surface area contributed by atoms with Crippen LogP contribution in [0.15, 0.2) is 60.7 Å². The van der Waals surface area contributed by atoms with Crippen molar-refractivity contribution < 1.29 is 19.0 Å². The molecule has 2 aliphatic rings. The number of methoxy groups -OCH3 is 1. The smallest absolute Gasteiger partial charge is 0.258 e. The summed E-state index contributed by atoms with van der Waals surface area (Å²) in [6, 6.07) is 19.4. The first kappa shape index (κ1) is 18.4. The van der Waals surface area contributed by atoms with Gasteiger partial charge in [-0.15, -0.1) is 0 Å². The van der Waals surface area contributed by atoms with E-state index in [2.05, 4.69) is 11.4 Å². The molecule has 0 aromatic heterocycles. The van der Waals surface area contributed by atoms with Crippen molar-refractivity contribution in [2.45, 2.75) is 19.6 Å². The molecular formula is C24H22N2O4. The van der Waals surface area contributed by atoms with Crippen molar-refractivity contribution in [2.75, 3.05) is 19.2 Å². The minimum absolute atomic E-state index is 0.0134. The minimum atomic E-state index is -0.303. The second-order valence-corrected chi connectivity index (χ2v) is 7.44. The van der Waals surface area contributed by atoms with Crippen LogP contribution in [0.1, 0.15) is 33.2 Å². The molecule has 0 saturated carbocycles. The van der Waals surface area contributed by atoms with Gasteiger partial charge in [0.25, 0.3) is 5.91 Å². The largest absolute Gasteiger partial charge is 0.496 e. The molecule has 6 heteroatoms. The molecule has 0 fully saturated rings. The summed E-state index contributed by atoms with van der Waals surface area (Å²) in [5, 5.41) is 3.54. The van der Waals surface area contributed by atoms with E-state index in [0.29, 0.717) is 17.9 Å². The molecule has 152 valence electrons. The van der Waals surface area contributed by atoms with Crippen molar-refractivity contribution in [1.29, 1.82) is 0 Å². The lowest BCUT2D eigenvalue weighted by molar-refractivity contribution is 0.0666. The molecule has 0 bridgehead atoms. The van der Waals surface area contributed by atoms with Gasteiger partial charge in [0.2, 0.25) is 6.79 Å². The zero-order valence-electron chi connectivity index (χ0n) is 16.8. The summed E-state index contributed by atoms with van der Waals surface area (Å²) < 4.78 is 16.3. The van der Waals surface area contributed by atoms with Crippen LogP contribution in [0, 0.1) is 6.92 Å². The fraction of sp³-hybridized carbons (Fsp3) is 0.208. The maximum Gasteiger partial charge on any atom is 0.258 e. The van der Waals surface area contributed by atoms with Crippen LogP contribution >= 0.6 is 0 Å². The summed E-state index contributed by atoms with van der Waals surface area (Å²) in [4.78, 5) is 15.3. The molecule has 3 aromatic rings. The van der Waals surface area contributed by atoms with Gasteiger partial charge in [0, 0.05) is 12.2 Å². The molecule has 5 rings (SSSR count). The van der Waals surface area contributed by atoms with Crippen molar-refractivity contribution in [3.63, 3.8) is 0 Å². The number of hydrogen-bond donors (Lipinski definition) is 1. The number of carbonyl (C=O) groups excluding carboxylic acids is 1. The van der Waals surface area contributed by atoms with Crippen molar-refractivity contribution in [1.82, 2.24) is 4.90 Å². The van der Waals surface area contributed by atoms with E-state index in [4.69, 9.17) is 14.2 Å². The summed E-state index contributed by atoms with van der Waals surface area (Å²) in [7, 11) is 1.66. The van der Waals surface area contributed by atoms with Crippen LogP contribution in [0.25, 0.3) is 0 Å². The summed E-state index contributed by atoms with van der Waals surface area (Å²) >= 11 is 0. The SMILES string of the molecule is COc1ccc(C2Nc3ccccc3C(=O)N2Cc2ccc3c(c2)OCO3)cc1C. The van der Waals surface area contributed by atoms with E-state index in [1.54, 1.807) is 7.11 Å². The highest BCUT2D eigenvalue weighted by atomic mass is 16.7. The number of nitrogens with one attached hydrogen (secondary N) is 1. The van der Waals surface area contributed by atoms with Crippen molar-refractivity contribution >= 4 is 11.6 Å². The number of fused-ring (bicyclic) bond motifs is 2. The lowest BCUT2D eigenvalue weighted by Gasteiger charge is -2.38. The molecule has 1 amide bonds. The van der Waals surface area contributed by atoms with E-state index < -0.39 is 0 Å². The van der Waals surface area contributed by atoms with Crippen LogP contribution in [0.5, 0.6) is 17.2 Å². The quantitative estimate of drug-likeness (QED) is 0.696. The number of para-hydroxylation sites is 1. The van der Waals surface area contributed by atoms with E-state index >= 15 is 0 Å². The summed E-state index contributed by atoms with van der Waals surface area (Å²) in [6.45, 7) is 2.67. The predicted molar refractivity (Wildman–Crippen MR) is 113 cm³/mol. The van der Waals surface area contributed by atoms with Gasteiger partial charge in [0.05, 0.1) is 12.7 Å². The van der Waals surface area contributed by atoms with Gasteiger partial charge in [-0.05, 0) is 60.0 Å². The molecule has 6 nitrogen and oxygen atoms in total. The molecule has 0 saturated heterocycles. The van der Waals surface area contributed by atoms with E-state index in [-0.39, 0.29) is 18.9 Å². The number of carbonyl (C=O) groups is 1. The van der Waals surface area contributed by atoms with Gasteiger partial charge in [0.1, 0.15) is 11.9 Å². The van der Waals surface area contributed by atoms with Gasteiger partial charge in [-0.3, -0.25) is 4.79 Å². The Hall–Kier alpha value is -3.67. The maximum atomic E-state index is 13.5. The fourth-order valence-electron chi connectivity index (χ4n) is 4.03. The van der Waals surface area contributed by atoms with E-state index in [1.165, 1.54) is 0 Å². The molecule has 2 aliphatic heterocycles. The molecule has 0 radical (unpaired) electrons. The van der Waals surface area contributed by atoms with Crippen molar-refractivity contribution in [3.8, 4) is 17.2 Å². The summed E-state index contributed by atoms with van der Waals surface area (Å²) in [6.07, 6.45) is -0.303. The maximum absolute atomic E-state index is 13.5. The Morgan fingerprint density at radius 2 is 1.90 bits per heavy atom. The van der Waals surface area contributed by atoms with Gasteiger partial charge < -0.3 is 24.4 Å². The lowest BCUT2D eigenvalue weighted by Crippen LogP contribution is -2.42. The Morgan fingerprint density at radius 3 is 2.73 bits per heavy atom. The topological polar surface area (TPSA) is 60.0 Å². The highest BCUT2D eigenvalue weighted by Gasteiger charge is 2.33. The fourth-order valence-corrected chi connectivity index (χ4v) is 4.03. The van der Waals surface area contributed by atoms with Crippen molar-refractivity contribution in [2.24, 2.45) is 0 Å². The molecule has 1 atom stereocenters.